The molecular formula is C21H23N3O3S. The van der Waals surface area contributed by atoms with E-state index in [0.29, 0.717) is 16.6 Å². The number of carbonyl (C=O) groups excluding carboxylic acids is 2. The number of hydrogen-bond donors (Lipinski definition) is 1. The lowest BCUT2D eigenvalue weighted by atomic mass is 10.2. The fraction of sp³-hybridized carbons (Fsp3) is 0.286. The Balaban J connectivity index is 1.52. The van der Waals surface area contributed by atoms with Crippen LogP contribution in [0.1, 0.15) is 20.3 Å². The summed E-state index contributed by atoms with van der Waals surface area (Å²) < 4.78 is 5.73. The number of aliphatic imine (C=N–C) groups is 1. The predicted molar refractivity (Wildman–Crippen MR) is 113 cm³/mol. The van der Waals surface area contributed by atoms with Crippen molar-refractivity contribution < 1.29 is 14.3 Å². The zero-order valence-corrected chi connectivity index (χ0v) is 16.7. The first-order valence-corrected chi connectivity index (χ1v) is 10.1. The maximum absolute atomic E-state index is 12.3. The van der Waals surface area contributed by atoms with Crippen molar-refractivity contribution in [2.24, 2.45) is 4.99 Å². The van der Waals surface area contributed by atoms with Gasteiger partial charge < -0.3 is 15.0 Å². The number of thioether (sulfide) groups is 1. The van der Waals surface area contributed by atoms with Gasteiger partial charge in [0.25, 0.3) is 5.91 Å². The molecule has 1 heterocycles. The predicted octanol–water partition coefficient (Wildman–Crippen LogP) is 4.15. The summed E-state index contributed by atoms with van der Waals surface area (Å²) in [6, 6.07) is 16.6. The molecular weight excluding hydrogens is 374 g/mol. The highest BCUT2D eigenvalue weighted by Gasteiger charge is 2.32. The molecule has 1 N–H and O–H groups in total. The van der Waals surface area contributed by atoms with E-state index >= 15 is 0 Å². The summed E-state index contributed by atoms with van der Waals surface area (Å²) in [4.78, 5) is 30.5. The van der Waals surface area contributed by atoms with Gasteiger partial charge in [-0.2, -0.15) is 4.99 Å². The van der Waals surface area contributed by atoms with Crippen molar-refractivity contribution in [2.75, 3.05) is 18.4 Å². The minimum atomic E-state index is -0.462. The summed E-state index contributed by atoms with van der Waals surface area (Å²) in [5, 5.41) is 3.07. The summed E-state index contributed by atoms with van der Waals surface area (Å²) >= 11 is 1.36. The van der Waals surface area contributed by atoms with Gasteiger partial charge in [0.1, 0.15) is 16.7 Å². The molecule has 2 aromatic rings. The van der Waals surface area contributed by atoms with Gasteiger partial charge in [0.05, 0.1) is 0 Å². The molecule has 7 heteroatoms. The molecule has 1 atom stereocenters. The summed E-state index contributed by atoms with van der Waals surface area (Å²) in [7, 11) is 0. The molecule has 28 heavy (non-hydrogen) atoms. The number of hydrogen-bond acceptors (Lipinski definition) is 5. The Labute approximate surface area is 169 Å². The average Bonchev–Trinajstić information content (AvgIpc) is 3.05. The van der Waals surface area contributed by atoms with Crippen molar-refractivity contribution in [2.45, 2.75) is 25.5 Å². The molecule has 0 radical (unpaired) electrons. The molecule has 0 aromatic heterocycles. The van der Waals surface area contributed by atoms with Crippen LogP contribution in [-0.2, 0) is 9.59 Å². The second-order valence-corrected chi connectivity index (χ2v) is 7.37. The van der Waals surface area contributed by atoms with Crippen molar-refractivity contribution in [1.29, 1.82) is 0 Å². The molecule has 0 saturated heterocycles. The zero-order valence-electron chi connectivity index (χ0n) is 15.9. The van der Waals surface area contributed by atoms with E-state index in [2.05, 4.69) is 10.3 Å². The van der Waals surface area contributed by atoms with E-state index in [0.717, 1.165) is 18.8 Å². The highest BCUT2D eigenvalue weighted by molar-refractivity contribution is 8.15. The highest BCUT2D eigenvalue weighted by Crippen LogP contribution is 2.28. The zero-order chi connectivity index (χ0) is 19.9. The molecule has 2 amide bonds. The second-order valence-electron chi connectivity index (χ2n) is 6.20. The molecule has 3 rings (SSSR count). The second kappa shape index (κ2) is 9.41. The van der Waals surface area contributed by atoms with Crippen LogP contribution in [0.15, 0.2) is 59.6 Å². The first-order valence-electron chi connectivity index (χ1n) is 9.26. The van der Waals surface area contributed by atoms with E-state index in [9.17, 15) is 9.59 Å². The van der Waals surface area contributed by atoms with Crippen LogP contribution in [0.25, 0.3) is 0 Å². The van der Waals surface area contributed by atoms with Crippen LogP contribution in [0.2, 0.25) is 0 Å². The summed E-state index contributed by atoms with van der Waals surface area (Å²) in [6.45, 7) is 5.60. The highest BCUT2D eigenvalue weighted by atomic mass is 32.2. The van der Waals surface area contributed by atoms with Gasteiger partial charge in [-0.25, -0.2) is 0 Å². The smallest absolute Gasteiger partial charge is 0.262 e. The van der Waals surface area contributed by atoms with Gasteiger partial charge in [-0.15, -0.1) is 0 Å². The van der Waals surface area contributed by atoms with Crippen LogP contribution in [0.4, 0.5) is 5.69 Å². The number of amidine groups is 1. The number of ether oxygens (including phenoxy) is 1. The van der Waals surface area contributed by atoms with Crippen LogP contribution in [-0.4, -0.2) is 40.2 Å². The fourth-order valence-electron chi connectivity index (χ4n) is 2.75. The number of anilines is 1. The largest absolute Gasteiger partial charge is 0.457 e. The summed E-state index contributed by atoms with van der Waals surface area (Å²) in [5.41, 5.74) is 0.658. The third-order valence-electron chi connectivity index (χ3n) is 4.25. The Hall–Kier alpha value is -2.80. The number of rotatable bonds is 7. The van der Waals surface area contributed by atoms with Gasteiger partial charge in [-0.1, -0.05) is 30.0 Å². The lowest BCUT2D eigenvalue weighted by Crippen LogP contribution is -2.27. The van der Waals surface area contributed by atoms with Crippen molar-refractivity contribution in [3.8, 4) is 11.5 Å². The molecule has 1 aliphatic rings. The fourth-order valence-corrected chi connectivity index (χ4v) is 3.94. The van der Waals surface area contributed by atoms with Crippen molar-refractivity contribution in [3.63, 3.8) is 0 Å². The SMILES string of the molecule is CCN(CC)C1=NC(=O)C(CC(=O)Nc2ccc(Oc3ccccc3)cc2)S1. The van der Waals surface area contributed by atoms with Gasteiger partial charge in [0, 0.05) is 25.2 Å². The Morgan fingerprint density at radius 3 is 2.36 bits per heavy atom. The maximum Gasteiger partial charge on any atom is 0.262 e. The molecule has 1 unspecified atom stereocenters. The van der Waals surface area contributed by atoms with Gasteiger partial charge in [-0.05, 0) is 50.2 Å². The van der Waals surface area contributed by atoms with E-state index in [4.69, 9.17) is 4.74 Å². The Kier molecular flexibility index (Phi) is 6.71. The third kappa shape index (κ3) is 5.13. The lowest BCUT2D eigenvalue weighted by Gasteiger charge is -2.19. The summed E-state index contributed by atoms with van der Waals surface area (Å²) in [6.07, 6.45) is 0.0973. The number of nitrogens with one attached hydrogen (secondary N) is 1. The van der Waals surface area contributed by atoms with Crippen molar-refractivity contribution in [3.05, 3.63) is 54.6 Å². The summed E-state index contributed by atoms with van der Waals surface area (Å²) in [5.74, 6) is 0.982. The third-order valence-corrected chi connectivity index (χ3v) is 5.46. The van der Waals surface area contributed by atoms with Gasteiger partial charge >= 0.3 is 0 Å². The minimum Gasteiger partial charge on any atom is -0.457 e. The van der Waals surface area contributed by atoms with E-state index in [1.165, 1.54) is 11.8 Å². The number of para-hydroxylation sites is 1. The number of amides is 2. The van der Waals surface area contributed by atoms with Gasteiger partial charge in [-0.3, -0.25) is 9.59 Å². The monoisotopic (exact) mass is 397 g/mol. The van der Waals surface area contributed by atoms with E-state index in [-0.39, 0.29) is 18.2 Å². The number of carbonyl (C=O) groups is 2. The molecule has 0 spiro atoms. The minimum absolute atomic E-state index is 0.0973. The Bertz CT molecular complexity index is 849. The van der Waals surface area contributed by atoms with Crippen LogP contribution < -0.4 is 10.1 Å². The molecule has 0 bridgehead atoms. The molecule has 0 fully saturated rings. The van der Waals surface area contributed by atoms with Crippen LogP contribution in [0.3, 0.4) is 0 Å². The molecule has 1 aliphatic heterocycles. The first kappa shape index (κ1) is 19.9. The topological polar surface area (TPSA) is 71.0 Å². The van der Waals surface area contributed by atoms with E-state index in [1.807, 2.05) is 49.1 Å². The quantitative estimate of drug-likeness (QED) is 0.760. The Morgan fingerprint density at radius 1 is 1.07 bits per heavy atom. The molecule has 0 aliphatic carbocycles. The van der Waals surface area contributed by atoms with Crippen molar-refractivity contribution in [1.82, 2.24) is 4.90 Å². The number of benzene rings is 2. The van der Waals surface area contributed by atoms with Crippen LogP contribution >= 0.6 is 11.8 Å². The molecule has 2 aromatic carbocycles. The Morgan fingerprint density at radius 2 is 1.71 bits per heavy atom. The van der Waals surface area contributed by atoms with E-state index < -0.39 is 5.25 Å². The van der Waals surface area contributed by atoms with E-state index in [1.54, 1.807) is 24.3 Å². The number of nitrogens with zero attached hydrogens (tertiary/aromatic N) is 2. The molecule has 0 saturated carbocycles. The average molecular weight is 398 g/mol. The lowest BCUT2D eigenvalue weighted by molar-refractivity contribution is -0.121. The maximum atomic E-state index is 12.3. The van der Waals surface area contributed by atoms with Gasteiger partial charge in [0.15, 0.2) is 5.17 Å². The standard InChI is InChI=1S/C21H23N3O3S/c1-3-24(4-2)21-23-20(26)18(28-21)14-19(25)22-15-10-12-17(13-11-15)27-16-8-6-5-7-9-16/h5-13,18H,3-4,14H2,1-2H3,(H,22,25). The van der Waals surface area contributed by atoms with Crippen molar-refractivity contribution >= 4 is 34.4 Å². The molecule has 146 valence electrons. The normalized spacial score (nSPS) is 15.9. The first-order chi connectivity index (χ1) is 13.6. The van der Waals surface area contributed by atoms with Crippen LogP contribution in [0.5, 0.6) is 11.5 Å². The molecule has 6 nitrogen and oxygen atoms in total. The van der Waals surface area contributed by atoms with Crippen LogP contribution in [0, 0.1) is 0 Å². The van der Waals surface area contributed by atoms with Gasteiger partial charge in [0.2, 0.25) is 5.91 Å².